The van der Waals surface area contributed by atoms with Crippen LogP contribution in [0, 0.1) is 0 Å². The lowest BCUT2D eigenvalue weighted by atomic mass is 9.73. The summed E-state index contributed by atoms with van der Waals surface area (Å²) in [4.78, 5) is 114. The van der Waals surface area contributed by atoms with Crippen LogP contribution >= 0.6 is 0 Å². The topological polar surface area (TPSA) is 245 Å². The summed E-state index contributed by atoms with van der Waals surface area (Å²) < 4.78 is 10.9. The van der Waals surface area contributed by atoms with Gasteiger partial charge >= 0.3 is 12.0 Å². The van der Waals surface area contributed by atoms with Gasteiger partial charge in [-0.25, -0.2) is 9.59 Å². The Bertz CT molecular complexity index is 1700. The zero-order valence-corrected chi connectivity index (χ0v) is 30.1. The van der Waals surface area contributed by atoms with Gasteiger partial charge in [0.25, 0.3) is 17.7 Å². The largest absolute Gasteiger partial charge is 0.377 e. The van der Waals surface area contributed by atoms with Crippen LogP contribution in [0.4, 0.5) is 4.79 Å². The lowest BCUT2D eigenvalue weighted by molar-refractivity contribution is -0.172. The molecule has 0 aliphatic carbocycles. The second-order valence-electron chi connectivity index (χ2n) is 12.5. The molecule has 0 bridgehead atoms. The predicted octanol–water partition coefficient (Wildman–Crippen LogP) is 0.547. The lowest BCUT2D eigenvalue weighted by Gasteiger charge is -2.34. The number of carbonyl (C=O) groups excluding carboxylic acids is 9. The second-order valence-corrected chi connectivity index (χ2v) is 12.5. The Labute approximate surface area is 316 Å². The Morgan fingerprint density at radius 1 is 0.636 bits per heavy atom. The molecule has 5 N–H and O–H groups in total. The van der Waals surface area contributed by atoms with Crippen LogP contribution in [-0.4, -0.2) is 104 Å². The Hall–Kier alpha value is -6.01. The fourth-order valence-electron chi connectivity index (χ4n) is 5.71. The van der Waals surface area contributed by atoms with Crippen molar-refractivity contribution in [2.75, 3.05) is 46.1 Å². The van der Waals surface area contributed by atoms with Crippen LogP contribution in [0.2, 0.25) is 0 Å². The van der Waals surface area contributed by atoms with Gasteiger partial charge in [0.05, 0.1) is 32.0 Å². The van der Waals surface area contributed by atoms with Crippen LogP contribution in [0.1, 0.15) is 77.6 Å². The third kappa shape index (κ3) is 12.3. The minimum Gasteiger partial charge on any atom is -0.377 e. The summed E-state index contributed by atoms with van der Waals surface area (Å²) in [5.41, 5.74) is -0.716. The van der Waals surface area contributed by atoms with Crippen molar-refractivity contribution in [2.45, 2.75) is 56.8 Å². The second kappa shape index (κ2) is 21.0. The summed E-state index contributed by atoms with van der Waals surface area (Å²) in [6, 6.07) is 13.2. The van der Waals surface area contributed by atoms with Crippen molar-refractivity contribution in [1.29, 1.82) is 0 Å². The van der Waals surface area contributed by atoms with Crippen LogP contribution in [0.3, 0.4) is 0 Å². The first-order chi connectivity index (χ1) is 26.5. The number of imide groups is 3. The molecular formula is C37H44N6O12. The number of nitrogens with zero attached hydrogens (tertiary/aromatic N) is 1. The summed E-state index contributed by atoms with van der Waals surface area (Å²) in [6.07, 6.45) is 1.69. The molecule has 2 aromatic carbocycles. The summed E-state index contributed by atoms with van der Waals surface area (Å²) in [5, 5.41) is 13.0. The first-order valence-electron chi connectivity index (χ1n) is 17.9. The molecule has 0 atom stereocenters. The van der Waals surface area contributed by atoms with E-state index in [-0.39, 0.29) is 94.6 Å². The number of nitrogens with one attached hydrogen (secondary N) is 5. The molecule has 4 rings (SSSR count). The van der Waals surface area contributed by atoms with E-state index in [0.29, 0.717) is 36.4 Å². The van der Waals surface area contributed by atoms with Gasteiger partial charge in [-0.1, -0.05) is 30.3 Å². The Morgan fingerprint density at radius 3 is 1.78 bits per heavy atom. The molecule has 18 nitrogen and oxygen atoms in total. The third-order valence-electron chi connectivity index (χ3n) is 8.64. The molecule has 2 aromatic rings. The highest BCUT2D eigenvalue weighted by Crippen LogP contribution is 2.32. The molecule has 0 saturated carbocycles. The number of hydrogen-bond donors (Lipinski definition) is 5. The van der Waals surface area contributed by atoms with Crippen molar-refractivity contribution in [2.24, 2.45) is 0 Å². The summed E-state index contributed by atoms with van der Waals surface area (Å²) >= 11 is 0. The van der Waals surface area contributed by atoms with Gasteiger partial charge in [-0.05, 0) is 55.5 Å². The van der Waals surface area contributed by atoms with Gasteiger partial charge in [0.2, 0.25) is 23.6 Å². The minimum absolute atomic E-state index is 0.0134. The number of urea groups is 1. The van der Waals surface area contributed by atoms with Gasteiger partial charge < -0.3 is 30.3 Å². The quantitative estimate of drug-likeness (QED) is 0.0627. The van der Waals surface area contributed by atoms with E-state index >= 15 is 0 Å². The van der Waals surface area contributed by atoms with Crippen molar-refractivity contribution in [1.82, 2.24) is 31.6 Å². The molecule has 294 valence electrons. The normalized spacial score (nSPS) is 14.9. The standard InChI is InChI=1S/C37H44N6O12/c44-28(38-18-5-4-17-37(27-7-2-1-3-8-27)34(50)41-36(52)42-35(37)51)9-6-10-29(45)39-19-21-53-23-24-54-22-20-40-32(48)25-11-13-26(14-12-25)33(49)55-43-30(46)15-16-31(43)47/h1-3,7-8,11-14H,4-6,9-10,15-24H2,(H,38,44)(H,39,45)(H,40,48)(H2,41,42,50,51,52). The first-order valence-corrected chi connectivity index (χ1v) is 17.9. The monoisotopic (exact) mass is 764 g/mol. The van der Waals surface area contributed by atoms with E-state index in [4.69, 9.17) is 14.3 Å². The molecule has 2 aliphatic rings. The molecule has 2 aliphatic heterocycles. The number of carbonyl (C=O) groups is 9. The zero-order valence-electron chi connectivity index (χ0n) is 30.1. The van der Waals surface area contributed by atoms with Gasteiger partial charge in [0.1, 0.15) is 0 Å². The van der Waals surface area contributed by atoms with E-state index in [1.54, 1.807) is 30.3 Å². The molecule has 0 unspecified atom stereocenters. The average molecular weight is 765 g/mol. The van der Waals surface area contributed by atoms with Crippen molar-refractivity contribution < 1.29 is 57.5 Å². The van der Waals surface area contributed by atoms with Crippen LogP contribution in [0.25, 0.3) is 0 Å². The number of hydroxylamine groups is 2. The summed E-state index contributed by atoms with van der Waals surface area (Å²) in [7, 11) is 0. The molecule has 18 heteroatoms. The molecule has 0 spiro atoms. The van der Waals surface area contributed by atoms with Crippen LogP contribution in [0.5, 0.6) is 0 Å². The average Bonchev–Trinajstić information content (AvgIpc) is 3.48. The molecular weight excluding hydrogens is 720 g/mol. The lowest BCUT2D eigenvalue weighted by Crippen LogP contribution is -2.64. The van der Waals surface area contributed by atoms with E-state index in [9.17, 15) is 43.2 Å². The summed E-state index contributed by atoms with van der Waals surface area (Å²) in [6.45, 7) is 1.82. The molecule has 0 aromatic heterocycles. The van der Waals surface area contributed by atoms with Gasteiger partial charge in [-0.3, -0.25) is 44.2 Å². The maximum atomic E-state index is 12.8. The SMILES string of the molecule is O=C(CCCC(=O)NCCOCCOCCNC(=O)c1ccc(C(=O)ON2C(=O)CCC2=O)cc1)NCCCCC1(c2ccccc2)C(=O)NC(=O)NC1=O. The zero-order chi connectivity index (χ0) is 39.6. The highest BCUT2D eigenvalue weighted by Gasteiger charge is 2.51. The fraction of sp³-hybridized carbons (Fsp3) is 0.432. The van der Waals surface area contributed by atoms with Gasteiger partial charge in [0.15, 0.2) is 5.41 Å². The summed E-state index contributed by atoms with van der Waals surface area (Å²) in [5.74, 6) is -4.26. The predicted molar refractivity (Wildman–Crippen MR) is 190 cm³/mol. The van der Waals surface area contributed by atoms with Gasteiger partial charge in [0, 0.05) is 50.9 Å². The number of rotatable bonds is 22. The van der Waals surface area contributed by atoms with Gasteiger partial charge in [-0.2, -0.15) is 0 Å². The van der Waals surface area contributed by atoms with Crippen LogP contribution in [0.15, 0.2) is 54.6 Å². The maximum Gasteiger partial charge on any atom is 0.363 e. The Balaban J connectivity index is 0.964. The van der Waals surface area contributed by atoms with Crippen molar-refractivity contribution in [3.05, 3.63) is 71.3 Å². The Morgan fingerprint density at radius 2 is 1.18 bits per heavy atom. The number of amides is 9. The third-order valence-corrected chi connectivity index (χ3v) is 8.64. The maximum absolute atomic E-state index is 12.8. The number of ether oxygens (including phenoxy) is 2. The van der Waals surface area contributed by atoms with Crippen molar-refractivity contribution >= 4 is 53.4 Å². The van der Waals surface area contributed by atoms with E-state index < -0.39 is 47.0 Å². The van der Waals surface area contributed by atoms with Crippen LogP contribution in [-0.2, 0) is 48.5 Å². The van der Waals surface area contributed by atoms with Crippen LogP contribution < -0.4 is 26.6 Å². The molecule has 9 amide bonds. The molecule has 0 radical (unpaired) electrons. The van der Waals surface area contributed by atoms with E-state index in [1.165, 1.54) is 24.3 Å². The molecule has 2 heterocycles. The Kier molecular flexibility index (Phi) is 16.0. The number of barbiturate groups is 1. The molecule has 2 saturated heterocycles. The fourth-order valence-corrected chi connectivity index (χ4v) is 5.71. The number of hydrogen-bond acceptors (Lipinski definition) is 12. The molecule has 2 fully saturated rings. The highest BCUT2D eigenvalue weighted by atomic mass is 16.7. The van der Waals surface area contributed by atoms with E-state index in [2.05, 4.69) is 26.6 Å². The number of unbranched alkanes of at least 4 members (excludes halogenated alkanes) is 1. The first kappa shape index (κ1) is 41.7. The highest BCUT2D eigenvalue weighted by molar-refractivity contribution is 6.22. The van der Waals surface area contributed by atoms with E-state index in [0.717, 1.165) is 0 Å². The van der Waals surface area contributed by atoms with Crippen molar-refractivity contribution in [3.63, 3.8) is 0 Å². The van der Waals surface area contributed by atoms with E-state index in [1.807, 2.05) is 0 Å². The van der Waals surface area contributed by atoms with Crippen molar-refractivity contribution in [3.8, 4) is 0 Å². The minimum atomic E-state index is -1.54. The van der Waals surface area contributed by atoms with Gasteiger partial charge in [-0.15, -0.1) is 5.06 Å². The number of benzene rings is 2. The smallest absolute Gasteiger partial charge is 0.363 e. The molecule has 55 heavy (non-hydrogen) atoms.